The number of halogens is 9. The van der Waals surface area contributed by atoms with Crippen molar-refractivity contribution in [2.75, 3.05) is 0 Å². The lowest BCUT2D eigenvalue weighted by Gasteiger charge is -2.14. The van der Waals surface area contributed by atoms with Crippen LogP contribution < -0.4 is 0 Å². The molecule has 0 fully saturated rings. The largest absolute Gasteiger partial charge is 0.422 e. The van der Waals surface area contributed by atoms with E-state index in [9.17, 15) is 39.5 Å². The zero-order chi connectivity index (χ0) is 19.1. The Morgan fingerprint density at radius 3 is 1.56 bits per heavy atom. The van der Waals surface area contributed by atoms with Crippen LogP contribution in [-0.4, -0.2) is 9.97 Å². The zero-order valence-corrected chi connectivity index (χ0v) is 11.5. The highest BCUT2D eigenvalue weighted by Crippen LogP contribution is 2.40. The molecule has 2 aromatic rings. The van der Waals surface area contributed by atoms with Crippen LogP contribution in [-0.2, 0) is 12.6 Å². The molecule has 25 heavy (non-hydrogen) atoms. The number of hydrogen-bond acceptors (Lipinski definition) is 3. The van der Waals surface area contributed by atoms with Gasteiger partial charge >= 0.3 is 6.18 Å². The van der Waals surface area contributed by atoms with Crippen LogP contribution in [0.2, 0.25) is 0 Å². The minimum Gasteiger partial charge on any atom is -0.203 e. The highest BCUT2D eigenvalue weighted by Gasteiger charge is 2.43. The first-order chi connectivity index (χ1) is 11.5. The molecular formula is C13H2F9N3. The zero-order valence-electron chi connectivity index (χ0n) is 11.5. The summed E-state index contributed by atoms with van der Waals surface area (Å²) < 4.78 is 120. The molecule has 0 aliphatic rings. The van der Waals surface area contributed by atoms with Gasteiger partial charge in [-0.25, -0.2) is 27.5 Å². The molecule has 1 heterocycles. The maximum Gasteiger partial charge on any atom is 0.422 e. The van der Waals surface area contributed by atoms with Crippen LogP contribution in [0.1, 0.15) is 11.4 Å². The van der Waals surface area contributed by atoms with E-state index < -0.39 is 70.3 Å². The summed E-state index contributed by atoms with van der Waals surface area (Å²) in [5.74, 6) is -15.9. The van der Waals surface area contributed by atoms with E-state index in [4.69, 9.17) is 5.26 Å². The maximum absolute atomic E-state index is 13.8. The molecule has 0 bridgehead atoms. The summed E-state index contributed by atoms with van der Waals surface area (Å²) in [5.41, 5.74) is -6.79. The van der Waals surface area contributed by atoms with Gasteiger partial charge in [0.2, 0.25) is 11.9 Å². The molecule has 1 aromatic carbocycles. The van der Waals surface area contributed by atoms with Crippen LogP contribution in [0.4, 0.5) is 39.5 Å². The average molecular weight is 371 g/mol. The van der Waals surface area contributed by atoms with E-state index in [1.165, 1.54) is 6.07 Å². The predicted molar refractivity (Wildman–Crippen MR) is 61.5 cm³/mol. The summed E-state index contributed by atoms with van der Waals surface area (Å²) >= 11 is 0. The highest BCUT2D eigenvalue weighted by atomic mass is 19.4. The van der Waals surface area contributed by atoms with E-state index in [1.807, 2.05) is 0 Å². The molecule has 0 saturated heterocycles. The molecule has 0 amide bonds. The molecule has 132 valence electrons. The summed E-state index contributed by atoms with van der Waals surface area (Å²) in [5, 5.41) is 8.35. The van der Waals surface area contributed by atoms with E-state index in [1.54, 1.807) is 0 Å². The van der Waals surface area contributed by atoms with E-state index >= 15 is 0 Å². The van der Waals surface area contributed by atoms with Crippen molar-refractivity contribution in [3.05, 3.63) is 46.6 Å². The van der Waals surface area contributed by atoms with Crippen molar-refractivity contribution in [3.63, 3.8) is 0 Å². The third-order valence-corrected chi connectivity index (χ3v) is 2.90. The second kappa shape index (κ2) is 6.23. The standard InChI is InChI=1S/C13H2F9N3/c14-7-4(5-11(18)24-3(1-2-23)25-12(5)19)8(15)10(17)6(9(7)16)13(20,21)22/h1H2. The van der Waals surface area contributed by atoms with Crippen LogP contribution in [0.5, 0.6) is 0 Å². The van der Waals surface area contributed by atoms with Crippen LogP contribution in [0, 0.1) is 46.5 Å². The molecule has 0 aliphatic carbocycles. The maximum atomic E-state index is 13.8. The molecule has 0 spiro atoms. The third-order valence-electron chi connectivity index (χ3n) is 2.90. The average Bonchev–Trinajstić information content (AvgIpc) is 2.47. The van der Waals surface area contributed by atoms with Gasteiger partial charge in [-0.2, -0.15) is 27.2 Å². The van der Waals surface area contributed by atoms with Gasteiger partial charge in [-0.15, -0.1) is 0 Å². The van der Waals surface area contributed by atoms with Crippen molar-refractivity contribution in [1.29, 1.82) is 5.26 Å². The molecule has 3 nitrogen and oxygen atoms in total. The summed E-state index contributed by atoms with van der Waals surface area (Å²) in [6, 6.07) is 1.41. The third kappa shape index (κ3) is 3.09. The number of aromatic nitrogens is 2. The number of alkyl halides is 3. The van der Waals surface area contributed by atoms with Crippen molar-refractivity contribution < 1.29 is 39.5 Å². The van der Waals surface area contributed by atoms with E-state index in [0.29, 0.717) is 0 Å². The van der Waals surface area contributed by atoms with Crippen molar-refractivity contribution in [1.82, 2.24) is 9.97 Å². The van der Waals surface area contributed by atoms with Crippen LogP contribution in [0.3, 0.4) is 0 Å². The van der Waals surface area contributed by atoms with Gasteiger partial charge in [-0.3, -0.25) is 0 Å². The molecule has 0 aliphatic heterocycles. The first-order valence-corrected chi connectivity index (χ1v) is 6.03. The normalized spacial score (nSPS) is 11.5. The van der Waals surface area contributed by atoms with Crippen molar-refractivity contribution >= 4 is 0 Å². The smallest absolute Gasteiger partial charge is 0.203 e. The number of hydrogen-bond donors (Lipinski definition) is 0. The molecule has 1 aromatic heterocycles. The first kappa shape index (κ1) is 18.5. The van der Waals surface area contributed by atoms with Crippen molar-refractivity contribution in [2.24, 2.45) is 0 Å². The minimum atomic E-state index is -5.81. The Hall–Kier alpha value is -2.84. The lowest BCUT2D eigenvalue weighted by Crippen LogP contribution is -2.17. The summed E-state index contributed by atoms with van der Waals surface area (Å²) in [7, 11) is 0. The topological polar surface area (TPSA) is 49.6 Å². The number of benzene rings is 1. The Labute approximate surface area is 132 Å². The molecule has 0 atom stereocenters. The summed E-state index contributed by atoms with van der Waals surface area (Å²) in [6.07, 6.45) is -6.52. The second-order valence-electron chi connectivity index (χ2n) is 4.44. The lowest BCUT2D eigenvalue weighted by atomic mass is 10.0. The Morgan fingerprint density at radius 1 is 0.760 bits per heavy atom. The Balaban J connectivity index is 2.85. The number of nitriles is 1. The first-order valence-electron chi connectivity index (χ1n) is 6.03. The van der Waals surface area contributed by atoms with Gasteiger partial charge < -0.3 is 0 Å². The van der Waals surface area contributed by atoms with Gasteiger partial charge in [0.25, 0.3) is 0 Å². The van der Waals surface area contributed by atoms with Gasteiger partial charge in [0, 0.05) is 0 Å². The van der Waals surface area contributed by atoms with E-state index in [-0.39, 0.29) is 0 Å². The fraction of sp³-hybridized carbons (Fsp3) is 0.154. The fourth-order valence-corrected chi connectivity index (χ4v) is 1.90. The van der Waals surface area contributed by atoms with E-state index in [2.05, 4.69) is 9.97 Å². The lowest BCUT2D eigenvalue weighted by molar-refractivity contribution is -0.143. The molecule has 0 N–H and O–H groups in total. The second-order valence-corrected chi connectivity index (χ2v) is 4.44. The molecule has 0 saturated carbocycles. The van der Waals surface area contributed by atoms with Gasteiger partial charge in [-0.1, -0.05) is 0 Å². The Bertz CT molecular complexity index is 847. The van der Waals surface area contributed by atoms with Crippen molar-refractivity contribution in [3.8, 4) is 17.2 Å². The monoisotopic (exact) mass is 371 g/mol. The molecule has 12 heteroatoms. The van der Waals surface area contributed by atoms with E-state index in [0.717, 1.165) is 0 Å². The van der Waals surface area contributed by atoms with Crippen LogP contribution in [0.25, 0.3) is 11.1 Å². The van der Waals surface area contributed by atoms with Gasteiger partial charge in [0.15, 0.2) is 23.3 Å². The summed E-state index contributed by atoms with van der Waals surface area (Å²) in [4.78, 5) is 5.74. The highest BCUT2D eigenvalue weighted by molar-refractivity contribution is 5.65. The van der Waals surface area contributed by atoms with Gasteiger partial charge in [-0.05, 0) is 0 Å². The molecular weight excluding hydrogens is 369 g/mol. The van der Waals surface area contributed by atoms with Crippen LogP contribution >= 0.6 is 0 Å². The minimum absolute atomic E-state index is 0.713. The Morgan fingerprint density at radius 2 is 1.20 bits per heavy atom. The quantitative estimate of drug-likeness (QED) is 0.455. The van der Waals surface area contributed by atoms with Gasteiger partial charge in [0.1, 0.15) is 11.4 Å². The SMILES string of the molecule is N#CCc1nc(F)c(-c2c(F)c(F)c(C(F)(F)F)c(F)c2F)c(F)n1. The number of nitrogens with zero attached hydrogens (tertiary/aromatic N) is 3. The van der Waals surface area contributed by atoms with Crippen LogP contribution in [0.15, 0.2) is 0 Å². The van der Waals surface area contributed by atoms with Crippen molar-refractivity contribution in [2.45, 2.75) is 12.6 Å². The predicted octanol–water partition coefficient (Wildman–Crippen LogP) is 4.06. The summed E-state index contributed by atoms with van der Waals surface area (Å²) in [6.45, 7) is 0. The molecule has 0 unspecified atom stereocenters. The molecule has 0 radical (unpaired) electrons. The Kier molecular flexibility index (Phi) is 4.61. The molecule has 2 rings (SSSR count). The van der Waals surface area contributed by atoms with Gasteiger partial charge in [0.05, 0.1) is 23.6 Å². The number of rotatable bonds is 2. The fourth-order valence-electron chi connectivity index (χ4n) is 1.90.